The molecule has 0 aliphatic heterocycles. The van der Waals surface area contributed by atoms with Crippen molar-refractivity contribution in [2.24, 2.45) is 17.6 Å². The molecule has 0 bridgehead atoms. The fourth-order valence-electron chi connectivity index (χ4n) is 7.63. The van der Waals surface area contributed by atoms with Crippen molar-refractivity contribution in [1.82, 2.24) is 20.0 Å². The van der Waals surface area contributed by atoms with E-state index >= 15 is 0 Å². The fourth-order valence-corrected chi connectivity index (χ4v) is 7.63. The average molecular weight is 679 g/mol. The molecule has 2 aliphatic rings. The molecular formula is C45H54N6. The van der Waals surface area contributed by atoms with E-state index in [1.165, 1.54) is 62.6 Å². The molecule has 51 heavy (non-hydrogen) atoms. The monoisotopic (exact) mass is 678 g/mol. The highest BCUT2D eigenvalue weighted by molar-refractivity contribution is 5.94. The van der Waals surface area contributed by atoms with Gasteiger partial charge >= 0.3 is 0 Å². The second-order valence-corrected chi connectivity index (χ2v) is 14.6. The molecule has 2 aliphatic carbocycles. The number of nitrogens with two attached hydrogens (primary N) is 1. The zero-order chi connectivity index (χ0) is 35.2. The molecule has 7 rings (SSSR count). The topological polar surface area (TPSA) is 71.1 Å². The van der Waals surface area contributed by atoms with E-state index in [1.54, 1.807) is 0 Å². The van der Waals surface area contributed by atoms with Crippen LogP contribution in [0.2, 0.25) is 0 Å². The molecule has 6 heteroatoms. The standard InChI is InChI=1S/C45H54N6/c1-4-47-43-28-39(32(2)48-27-9-12-34-10-5-6-11-34)21-22-40(43)31-50(30-36-15-16-36)33(3)37-23-25-41(26-24-37)51-44-14-8-7-13-42(44)45(49-51)38-19-17-35(29-46)18-20-38/h7-8,13-14,17-26,28,34,36,47-48H,2-6,9-12,15-16,27,29-31,46H2,1H3. The number of hydrogen-bond donors (Lipinski definition) is 3. The Morgan fingerprint density at radius 2 is 1.63 bits per heavy atom. The van der Waals surface area contributed by atoms with E-state index in [1.807, 2.05) is 0 Å². The average Bonchev–Trinajstić information content (AvgIpc) is 3.67. The summed E-state index contributed by atoms with van der Waals surface area (Å²) in [4.78, 5) is 2.48. The first-order chi connectivity index (χ1) is 25.0. The van der Waals surface area contributed by atoms with Gasteiger partial charge in [0.2, 0.25) is 0 Å². The second-order valence-electron chi connectivity index (χ2n) is 14.6. The molecule has 2 fully saturated rings. The van der Waals surface area contributed by atoms with Crippen LogP contribution < -0.4 is 16.4 Å². The van der Waals surface area contributed by atoms with Gasteiger partial charge in [0.25, 0.3) is 0 Å². The van der Waals surface area contributed by atoms with Gasteiger partial charge < -0.3 is 21.3 Å². The number of nitrogens with zero attached hydrogens (tertiary/aromatic N) is 3. The van der Waals surface area contributed by atoms with E-state index in [0.717, 1.165) is 93.9 Å². The Balaban J connectivity index is 1.07. The van der Waals surface area contributed by atoms with Gasteiger partial charge in [0, 0.05) is 60.8 Å². The largest absolute Gasteiger partial charge is 0.385 e. The minimum Gasteiger partial charge on any atom is -0.385 e. The number of benzene rings is 4. The van der Waals surface area contributed by atoms with Crippen LogP contribution in [0.4, 0.5) is 5.69 Å². The smallest absolute Gasteiger partial charge is 0.101 e. The lowest BCUT2D eigenvalue weighted by Crippen LogP contribution is -2.24. The first-order valence-electron chi connectivity index (χ1n) is 19.1. The maximum atomic E-state index is 5.85. The van der Waals surface area contributed by atoms with Crippen LogP contribution in [0.15, 0.2) is 104 Å². The number of fused-ring (bicyclic) bond motifs is 1. The van der Waals surface area contributed by atoms with Crippen LogP contribution in [-0.4, -0.2) is 34.3 Å². The van der Waals surface area contributed by atoms with Gasteiger partial charge in [-0.2, -0.15) is 5.10 Å². The maximum Gasteiger partial charge on any atom is 0.101 e. The van der Waals surface area contributed by atoms with Crippen LogP contribution in [-0.2, 0) is 13.1 Å². The molecule has 0 radical (unpaired) electrons. The second kappa shape index (κ2) is 16.0. The molecule has 264 valence electrons. The summed E-state index contributed by atoms with van der Waals surface area (Å²) in [6, 6.07) is 32.3. The van der Waals surface area contributed by atoms with E-state index in [0.29, 0.717) is 6.54 Å². The zero-order valence-electron chi connectivity index (χ0n) is 30.3. The summed E-state index contributed by atoms with van der Waals surface area (Å²) in [5.74, 6) is 1.66. The molecule has 1 heterocycles. The van der Waals surface area contributed by atoms with Crippen molar-refractivity contribution in [1.29, 1.82) is 0 Å². The molecule has 4 N–H and O–H groups in total. The van der Waals surface area contributed by atoms with Crippen molar-refractivity contribution >= 4 is 28.0 Å². The summed E-state index contributed by atoms with van der Waals surface area (Å²) in [6.45, 7) is 15.4. The molecular weight excluding hydrogens is 625 g/mol. The highest BCUT2D eigenvalue weighted by Crippen LogP contribution is 2.35. The summed E-state index contributed by atoms with van der Waals surface area (Å²) in [7, 11) is 0. The fraction of sp³-hybridized carbons (Fsp3) is 0.356. The van der Waals surface area contributed by atoms with Crippen LogP contribution in [0.3, 0.4) is 0 Å². The van der Waals surface area contributed by atoms with Crippen molar-refractivity contribution in [3.8, 4) is 16.9 Å². The number of rotatable bonds is 17. The molecule has 0 unspecified atom stereocenters. The van der Waals surface area contributed by atoms with Crippen molar-refractivity contribution in [2.75, 3.05) is 25.0 Å². The summed E-state index contributed by atoms with van der Waals surface area (Å²) < 4.78 is 2.05. The third-order valence-electron chi connectivity index (χ3n) is 10.8. The predicted octanol–water partition coefficient (Wildman–Crippen LogP) is 10.00. The molecule has 0 amide bonds. The normalized spacial score (nSPS) is 14.5. The number of aromatic nitrogens is 2. The Kier molecular flexibility index (Phi) is 10.9. The van der Waals surface area contributed by atoms with E-state index in [-0.39, 0.29) is 0 Å². The highest BCUT2D eigenvalue weighted by Gasteiger charge is 2.26. The van der Waals surface area contributed by atoms with E-state index in [9.17, 15) is 0 Å². The number of anilines is 1. The highest BCUT2D eigenvalue weighted by atomic mass is 15.3. The minimum absolute atomic E-state index is 0.530. The van der Waals surface area contributed by atoms with Gasteiger partial charge in [0.15, 0.2) is 0 Å². The zero-order valence-corrected chi connectivity index (χ0v) is 30.3. The lowest BCUT2D eigenvalue weighted by atomic mass is 10.0. The van der Waals surface area contributed by atoms with Crippen LogP contribution in [0.25, 0.3) is 39.2 Å². The van der Waals surface area contributed by atoms with Gasteiger partial charge in [-0.15, -0.1) is 0 Å². The third kappa shape index (κ3) is 8.23. The van der Waals surface area contributed by atoms with Crippen LogP contribution in [0.5, 0.6) is 0 Å². The van der Waals surface area contributed by atoms with Crippen molar-refractivity contribution in [2.45, 2.75) is 71.4 Å². The Hall–Kier alpha value is -4.81. The lowest BCUT2D eigenvalue weighted by molar-refractivity contribution is 0.374. The number of hydrogen-bond acceptors (Lipinski definition) is 5. The van der Waals surface area contributed by atoms with Crippen molar-refractivity contribution < 1.29 is 0 Å². The summed E-state index contributed by atoms with van der Waals surface area (Å²) >= 11 is 0. The summed E-state index contributed by atoms with van der Waals surface area (Å²) in [5, 5.41) is 13.5. The van der Waals surface area contributed by atoms with Gasteiger partial charge in [0.1, 0.15) is 5.69 Å². The molecule has 0 spiro atoms. The molecule has 5 aromatic rings. The summed E-state index contributed by atoms with van der Waals surface area (Å²) in [5.41, 5.74) is 17.9. The Labute approximate surface area is 304 Å². The summed E-state index contributed by atoms with van der Waals surface area (Å²) in [6.07, 6.45) is 10.8. The predicted molar refractivity (Wildman–Crippen MR) is 215 cm³/mol. The van der Waals surface area contributed by atoms with Gasteiger partial charge in [-0.1, -0.05) is 106 Å². The van der Waals surface area contributed by atoms with Crippen LogP contribution in [0, 0.1) is 11.8 Å². The molecule has 0 atom stereocenters. The van der Waals surface area contributed by atoms with Crippen LogP contribution in [0.1, 0.15) is 80.5 Å². The third-order valence-corrected chi connectivity index (χ3v) is 10.8. The quantitative estimate of drug-likeness (QED) is 0.0854. The lowest BCUT2D eigenvalue weighted by Gasteiger charge is -2.29. The Morgan fingerprint density at radius 3 is 2.35 bits per heavy atom. The number of para-hydroxylation sites is 1. The van der Waals surface area contributed by atoms with Gasteiger partial charge in [-0.25, -0.2) is 4.68 Å². The van der Waals surface area contributed by atoms with Crippen LogP contribution >= 0.6 is 0 Å². The van der Waals surface area contributed by atoms with Gasteiger partial charge in [-0.3, -0.25) is 0 Å². The van der Waals surface area contributed by atoms with Crippen molar-refractivity contribution in [3.63, 3.8) is 0 Å². The first-order valence-corrected chi connectivity index (χ1v) is 19.1. The molecule has 1 aromatic heterocycles. The number of nitrogens with one attached hydrogen (secondary N) is 2. The van der Waals surface area contributed by atoms with Gasteiger partial charge in [0.05, 0.1) is 11.2 Å². The SMILES string of the molecule is C=C(NCCCC1CCCC1)c1ccc(CN(CC2CC2)C(=C)c2ccc(-n3nc(-c4ccc(CN)cc4)c4ccccc43)cc2)c(NCC)c1. The molecule has 2 saturated carbocycles. The molecule has 0 saturated heterocycles. The maximum absolute atomic E-state index is 5.85. The van der Waals surface area contributed by atoms with E-state index in [2.05, 4.69) is 131 Å². The minimum atomic E-state index is 0.530. The van der Waals surface area contributed by atoms with Gasteiger partial charge in [-0.05, 0) is 91.0 Å². The van der Waals surface area contributed by atoms with E-state index in [4.69, 9.17) is 10.8 Å². The van der Waals surface area contributed by atoms with Crippen molar-refractivity contribution in [3.05, 3.63) is 126 Å². The van der Waals surface area contributed by atoms with E-state index < -0.39 is 0 Å². The first kappa shape index (κ1) is 34.6. The Bertz CT molecular complexity index is 1940. The molecule has 6 nitrogen and oxygen atoms in total. The molecule has 4 aromatic carbocycles. The Morgan fingerprint density at radius 1 is 0.882 bits per heavy atom.